The molecule has 1 aliphatic rings. The zero-order valence-electron chi connectivity index (χ0n) is 8.08. The van der Waals surface area contributed by atoms with E-state index in [1.54, 1.807) is 11.8 Å². The van der Waals surface area contributed by atoms with Crippen LogP contribution in [0.15, 0.2) is 24.3 Å². The number of hydrogen-bond acceptors (Lipinski definition) is 1. The van der Waals surface area contributed by atoms with Gasteiger partial charge in [-0.05, 0) is 30.9 Å². The molecular weight excluding hydrogens is 174 g/mol. The Morgan fingerprint density at radius 3 is 3.00 bits per heavy atom. The summed E-state index contributed by atoms with van der Waals surface area (Å²) in [6, 6.07) is 7.97. The van der Waals surface area contributed by atoms with E-state index in [2.05, 4.69) is 17.9 Å². The normalized spacial score (nSPS) is 13.1. The fourth-order valence-electron chi connectivity index (χ4n) is 1.72. The minimum atomic E-state index is -0.0996. The summed E-state index contributed by atoms with van der Waals surface area (Å²) < 4.78 is 0. The van der Waals surface area contributed by atoms with Crippen molar-refractivity contribution in [2.24, 2.45) is 0 Å². The molecule has 1 aliphatic heterocycles. The van der Waals surface area contributed by atoms with E-state index in [9.17, 15) is 4.79 Å². The third kappa shape index (κ3) is 1.38. The van der Waals surface area contributed by atoms with Gasteiger partial charge in [0.25, 0.3) is 0 Å². The number of anilines is 1. The molecular formula is C12H11NO. The van der Waals surface area contributed by atoms with Crippen molar-refractivity contribution in [2.75, 3.05) is 11.4 Å². The van der Waals surface area contributed by atoms with Crippen molar-refractivity contribution in [1.29, 1.82) is 0 Å². The van der Waals surface area contributed by atoms with Crippen LogP contribution in [0.5, 0.6) is 0 Å². The number of carbonyl (C=O) groups is 1. The number of hydrogen-bond donors (Lipinski definition) is 0. The molecule has 0 fully saturated rings. The smallest absolute Gasteiger partial charge is 0.301 e. The summed E-state index contributed by atoms with van der Waals surface area (Å²) >= 11 is 0. The van der Waals surface area contributed by atoms with E-state index in [4.69, 9.17) is 0 Å². The first kappa shape index (κ1) is 8.83. The highest BCUT2D eigenvalue weighted by molar-refractivity contribution is 6.06. The molecule has 1 aromatic carbocycles. The molecule has 14 heavy (non-hydrogen) atoms. The lowest BCUT2D eigenvalue weighted by Gasteiger charge is -2.12. The lowest BCUT2D eigenvalue weighted by molar-refractivity contribution is -0.113. The van der Waals surface area contributed by atoms with Crippen LogP contribution in [0.1, 0.15) is 12.5 Å². The van der Waals surface area contributed by atoms with Gasteiger partial charge in [0.2, 0.25) is 0 Å². The maximum atomic E-state index is 11.6. The van der Waals surface area contributed by atoms with E-state index >= 15 is 0 Å². The van der Waals surface area contributed by atoms with Gasteiger partial charge in [-0.25, -0.2) is 0 Å². The molecule has 0 unspecified atom stereocenters. The summed E-state index contributed by atoms with van der Waals surface area (Å²) in [6.07, 6.45) is 0.938. The maximum absolute atomic E-state index is 11.6. The molecule has 2 heteroatoms. The van der Waals surface area contributed by atoms with Crippen molar-refractivity contribution in [3.8, 4) is 11.8 Å². The summed E-state index contributed by atoms with van der Waals surface area (Å²) in [6.45, 7) is 2.44. The molecule has 0 spiro atoms. The molecule has 70 valence electrons. The highest BCUT2D eigenvalue weighted by Gasteiger charge is 2.22. The Labute approximate surface area is 83.5 Å². The van der Waals surface area contributed by atoms with Crippen LogP contribution in [0.3, 0.4) is 0 Å². The van der Waals surface area contributed by atoms with Crippen molar-refractivity contribution >= 4 is 11.6 Å². The van der Waals surface area contributed by atoms with Crippen molar-refractivity contribution in [3.63, 3.8) is 0 Å². The standard InChI is InChI=1S/C12H11NO/c1-2-5-12(14)13-9-8-10-6-3-4-7-11(10)13/h3-4,6-7H,8-9H2,1H3. The fourth-order valence-corrected chi connectivity index (χ4v) is 1.72. The van der Waals surface area contributed by atoms with E-state index in [1.165, 1.54) is 5.56 Å². The van der Waals surface area contributed by atoms with Crippen molar-refractivity contribution < 1.29 is 4.79 Å². The van der Waals surface area contributed by atoms with E-state index in [0.29, 0.717) is 0 Å². The number of carbonyl (C=O) groups excluding carboxylic acids is 1. The van der Waals surface area contributed by atoms with Crippen LogP contribution in [-0.2, 0) is 11.2 Å². The number of nitrogens with zero attached hydrogens (tertiary/aromatic N) is 1. The number of rotatable bonds is 0. The molecule has 0 atom stereocenters. The van der Waals surface area contributed by atoms with Gasteiger partial charge >= 0.3 is 5.91 Å². The first-order valence-corrected chi connectivity index (χ1v) is 4.65. The van der Waals surface area contributed by atoms with Gasteiger partial charge in [0.05, 0.1) is 0 Å². The molecule has 0 saturated heterocycles. The van der Waals surface area contributed by atoms with Gasteiger partial charge in [-0.3, -0.25) is 4.79 Å². The zero-order chi connectivity index (χ0) is 9.97. The lowest BCUT2D eigenvalue weighted by Crippen LogP contribution is -2.27. The SMILES string of the molecule is CC#CC(=O)N1CCc2ccccc21. The van der Waals surface area contributed by atoms with Gasteiger partial charge in [0, 0.05) is 12.2 Å². The first-order valence-electron chi connectivity index (χ1n) is 4.65. The van der Waals surface area contributed by atoms with E-state index < -0.39 is 0 Å². The Balaban J connectivity index is 2.33. The van der Waals surface area contributed by atoms with Crippen LogP contribution >= 0.6 is 0 Å². The molecule has 2 nitrogen and oxygen atoms in total. The molecule has 0 saturated carbocycles. The Morgan fingerprint density at radius 1 is 1.43 bits per heavy atom. The fraction of sp³-hybridized carbons (Fsp3) is 0.250. The van der Waals surface area contributed by atoms with Gasteiger partial charge in [0.15, 0.2) is 0 Å². The monoisotopic (exact) mass is 185 g/mol. The summed E-state index contributed by atoms with van der Waals surface area (Å²) in [4.78, 5) is 13.3. The second-order valence-electron chi connectivity index (χ2n) is 3.21. The van der Waals surface area contributed by atoms with E-state index in [0.717, 1.165) is 18.7 Å². The first-order chi connectivity index (χ1) is 6.83. The number of benzene rings is 1. The minimum absolute atomic E-state index is 0.0996. The van der Waals surface area contributed by atoms with Gasteiger partial charge in [-0.15, -0.1) is 0 Å². The Kier molecular flexibility index (Phi) is 2.24. The van der Waals surface area contributed by atoms with Crippen LogP contribution in [0.4, 0.5) is 5.69 Å². The summed E-state index contributed by atoms with van der Waals surface area (Å²) in [5.74, 6) is 5.10. The minimum Gasteiger partial charge on any atom is -0.301 e. The second kappa shape index (κ2) is 3.55. The average molecular weight is 185 g/mol. The Morgan fingerprint density at radius 2 is 2.21 bits per heavy atom. The molecule has 1 heterocycles. The van der Waals surface area contributed by atoms with E-state index in [-0.39, 0.29) is 5.91 Å². The number of fused-ring (bicyclic) bond motifs is 1. The van der Waals surface area contributed by atoms with Crippen LogP contribution in [-0.4, -0.2) is 12.5 Å². The van der Waals surface area contributed by atoms with Crippen molar-refractivity contribution in [3.05, 3.63) is 29.8 Å². The number of amides is 1. The predicted molar refractivity (Wildman–Crippen MR) is 55.9 cm³/mol. The van der Waals surface area contributed by atoms with Crippen molar-refractivity contribution in [2.45, 2.75) is 13.3 Å². The molecule has 0 N–H and O–H groups in total. The Hall–Kier alpha value is -1.75. The summed E-state index contributed by atoms with van der Waals surface area (Å²) in [5, 5.41) is 0. The topological polar surface area (TPSA) is 20.3 Å². The third-order valence-electron chi connectivity index (χ3n) is 2.36. The van der Waals surface area contributed by atoms with Crippen LogP contribution in [0, 0.1) is 11.8 Å². The Bertz CT molecular complexity index is 425. The largest absolute Gasteiger partial charge is 0.302 e. The van der Waals surface area contributed by atoms with Gasteiger partial charge < -0.3 is 4.90 Å². The number of para-hydroxylation sites is 1. The summed E-state index contributed by atoms with van der Waals surface area (Å²) in [5.41, 5.74) is 2.25. The zero-order valence-corrected chi connectivity index (χ0v) is 8.08. The molecule has 1 aromatic rings. The highest BCUT2D eigenvalue weighted by Crippen LogP contribution is 2.26. The molecule has 0 aliphatic carbocycles. The van der Waals surface area contributed by atoms with Crippen LogP contribution in [0.25, 0.3) is 0 Å². The predicted octanol–water partition coefficient (Wildman–Crippen LogP) is 1.60. The van der Waals surface area contributed by atoms with Crippen LogP contribution < -0.4 is 4.90 Å². The summed E-state index contributed by atoms with van der Waals surface area (Å²) in [7, 11) is 0. The maximum Gasteiger partial charge on any atom is 0.302 e. The average Bonchev–Trinajstić information content (AvgIpc) is 2.61. The quantitative estimate of drug-likeness (QED) is 0.562. The van der Waals surface area contributed by atoms with Crippen LogP contribution in [0.2, 0.25) is 0 Å². The highest BCUT2D eigenvalue weighted by atomic mass is 16.2. The molecule has 0 bridgehead atoms. The molecule has 1 amide bonds. The molecule has 0 aromatic heterocycles. The van der Waals surface area contributed by atoms with Gasteiger partial charge in [0.1, 0.15) is 0 Å². The van der Waals surface area contributed by atoms with Gasteiger partial charge in [-0.2, -0.15) is 0 Å². The third-order valence-corrected chi connectivity index (χ3v) is 2.36. The lowest BCUT2D eigenvalue weighted by atomic mass is 10.2. The van der Waals surface area contributed by atoms with Gasteiger partial charge in [-0.1, -0.05) is 24.1 Å². The van der Waals surface area contributed by atoms with Crippen molar-refractivity contribution in [1.82, 2.24) is 0 Å². The molecule has 0 radical (unpaired) electrons. The molecule has 2 rings (SSSR count). The van der Waals surface area contributed by atoms with E-state index in [1.807, 2.05) is 18.2 Å². The second-order valence-corrected chi connectivity index (χ2v) is 3.21.